The van der Waals surface area contributed by atoms with E-state index in [0.29, 0.717) is 22.1 Å². The molecule has 1 heterocycles. The molecule has 0 radical (unpaired) electrons. The van der Waals surface area contributed by atoms with Gasteiger partial charge >= 0.3 is 0 Å². The van der Waals surface area contributed by atoms with Gasteiger partial charge in [0.2, 0.25) is 0 Å². The zero-order chi connectivity index (χ0) is 22.8. The summed E-state index contributed by atoms with van der Waals surface area (Å²) in [5.41, 5.74) is 6.14. The highest BCUT2D eigenvalue weighted by Gasteiger charge is 2.31. The largest absolute Gasteiger partial charge is 0.493 e. The van der Waals surface area contributed by atoms with Gasteiger partial charge in [0.1, 0.15) is 0 Å². The van der Waals surface area contributed by atoms with Gasteiger partial charge in [-0.3, -0.25) is 9.69 Å². The molecule has 1 amide bonds. The Bertz CT molecular complexity index is 1240. The van der Waals surface area contributed by atoms with Crippen LogP contribution in [0.15, 0.2) is 72.3 Å². The second-order valence-electron chi connectivity index (χ2n) is 7.68. The van der Waals surface area contributed by atoms with Crippen molar-refractivity contribution in [2.24, 2.45) is 0 Å². The quantitative estimate of drug-likeness (QED) is 0.424. The van der Waals surface area contributed by atoms with E-state index < -0.39 is 0 Å². The summed E-state index contributed by atoms with van der Waals surface area (Å²) in [6.45, 7) is 4.03. The van der Waals surface area contributed by atoms with E-state index in [1.54, 1.807) is 19.1 Å². The smallest absolute Gasteiger partial charge is 0.262 e. The standard InChI is InChI=1S/C27H24ClNO3/c1-17-5-6-18(2)23(13-17)29-24(20-8-10-22(28)11-9-20)16-21(27(29)30)14-19-7-12-25(31-3)26(15-19)32-4/h5-16H,1-4H3/b21-14+. The van der Waals surface area contributed by atoms with Crippen LogP contribution < -0.4 is 14.4 Å². The molecular weight excluding hydrogens is 422 g/mol. The topological polar surface area (TPSA) is 38.8 Å². The Morgan fingerprint density at radius 1 is 0.875 bits per heavy atom. The fraction of sp³-hybridized carbons (Fsp3) is 0.148. The number of methoxy groups -OCH3 is 2. The molecule has 32 heavy (non-hydrogen) atoms. The van der Waals surface area contributed by atoms with E-state index >= 15 is 0 Å². The number of rotatable bonds is 5. The summed E-state index contributed by atoms with van der Waals surface area (Å²) in [7, 11) is 3.19. The third-order valence-electron chi connectivity index (χ3n) is 5.46. The number of ether oxygens (including phenoxy) is 2. The fourth-order valence-electron chi connectivity index (χ4n) is 3.77. The molecule has 0 bridgehead atoms. The normalized spacial score (nSPS) is 14.7. The maximum atomic E-state index is 13.6. The average Bonchev–Trinajstić information content (AvgIpc) is 3.11. The Kier molecular flexibility index (Phi) is 6.06. The predicted molar refractivity (Wildman–Crippen MR) is 130 cm³/mol. The maximum absolute atomic E-state index is 13.6. The first kappa shape index (κ1) is 21.7. The van der Waals surface area contributed by atoms with E-state index in [9.17, 15) is 4.79 Å². The Morgan fingerprint density at radius 2 is 1.59 bits per heavy atom. The zero-order valence-corrected chi connectivity index (χ0v) is 19.2. The number of nitrogens with zero attached hydrogens (tertiary/aromatic N) is 1. The van der Waals surface area contributed by atoms with Gasteiger partial charge in [-0.15, -0.1) is 0 Å². The molecule has 3 aromatic carbocycles. The van der Waals surface area contributed by atoms with E-state index in [0.717, 1.165) is 33.6 Å². The first-order chi connectivity index (χ1) is 15.4. The molecule has 0 atom stereocenters. The first-order valence-corrected chi connectivity index (χ1v) is 10.6. The van der Waals surface area contributed by atoms with Crippen molar-refractivity contribution >= 4 is 35.0 Å². The highest BCUT2D eigenvalue weighted by Crippen LogP contribution is 2.38. The summed E-state index contributed by atoms with van der Waals surface area (Å²) >= 11 is 6.10. The number of amides is 1. The first-order valence-electron chi connectivity index (χ1n) is 10.2. The van der Waals surface area contributed by atoms with Gasteiger partial charge < -0.3 is 9.47 Å². The van der Waals surface area contributed by atoms with Crippen molar-refractivity contribution in [2.45, 2.75) is 13.8 Å². The van der Waals surface area contributed by atoms with Crippen LogP contribution in [0, 0.1) is 13.8 Å². The summed E-state index contributed by atoms with van der Waals surface area (Å²) < 4.78 is 10.7. The Hall–Kier alpha value is -3.50. The zero-order valence-electron chi connectivity index (χ0n) is 18.5. The lowest BCUT2D eigenvalue weighted by Gasteiger charge is -2.23. The molecule has 0 saturated heterocycles. The lowest BCUT2D eigenvalue weighted by Crippen LogP contribution is -2.25. The molecule has 0 N–H and O–H groups in total. The number of carbonyl (C=O) groups is 1. The number of halogens is 1. The molecule has 0 unspecified atom stereocenters. The Balaban J connectivity index is 1.84. The molecule has 0 aromatic heterocycles. The summed E-state index contributed by atoms with van der Waals surface area (Å²) in [5.74, 6) is 1.17. The Labute approximate surface area is 193 Å². The minimum absolute atomic E-state index is 0.0848. The van der Waals surface area contributed by atoms with Crippen LogP contribution in [0.2, 0.25) is 5.02 Å². The number of aryl methyl sites for hydroxylation is 2. The third kappa shape index (κ3) is 4.14. The second-order valence-corrected chi connectivity index (χ2v) is 8.12. The van der Waals surface area contributed by atoms with Crippen molar-refractivity contribution < 1.29 is 14.3 Å². The van der Waals surface area contributed by atoms with Crippen molar-refractivity contribution in [3.63, 3.8) is 0 Å². The molecule has 0 spiro atoms. The van der Waals surface area contributed by atoms with E-state index in [1.807, 2.05) is 86.7 Å². The van der Waals surface area contributed by atoms with Crippen LogP contribution in [0.4, 0.5) is 5.69 Å². The van der Waals surface area contributed by atoms with Gasteiger partial charge in [0, 0.05) is 10.6 Å². The van der Waals surface area contributed by atoms with Crippen molar-refractivity contribution in [3.05, 3.63) is 99.6 Å². The predicted octanol–water partition coefficient (Wildman–Crippen LogP) is 6.45. The highest BCUT2D eigenvalue weighted by atomic mass is 35.5. The molecule has 1 aliphatic rings. The van der Waals surface area contributed by atoms with E-state index in [1.165, 1.54) is 0 Å². The molecule has 0 saturated carbocycles. The van der Waals surface area contributed by atoms with Gasteiger partial charge in [-0.25, -0.2) is 0 Å². The van der Waals surface area contributed by atoms with E-state index in [2.05, 4.69) is 0 Å². The fourth-order valence-corrected chi connectivity index (χ4v) is 3.90. The average molecular weight is 446 g/mol. The lowest BCUT2D eigenvalue weighted by molar-refractivity contribution is -0.113. The van der Waals surface area contributed by atoms with Gasteiger partial charge in [-0.05, 0) is 78.6 Å². The summed E-state index contributed by atoms with van der Waals surface area (Å²) in [5, 5.41) is 0.651. The van der Waals surface area contributed by atoms with Gasteiger partial charge in [0.15, 0.2) is 11.5 Å². The second kappa shape index (κ2) is 8.93. The molecular formula is C27H24ClNO3. The molecule has 4 nitrogen and oxygen atoms in total. The van der Waals surface area contributed by atoms with Crippen molar-refractivity contribution in [1.29, 1.82) is 0 Å². The van der Waals surface area contributed by atoms with Crippen LogP contribution in [0.3, 0.4) is 0 Å². The molecule has 162 valence electrons. The van der Waals surface area contributed by atoms with Crippen LogP contribution in [0.5, 0.6) is 11.5 Å². The van der Waals surface area contributed by atoms with Crippen LogP contribution in [0.1, 0.15) is 22.3 Å². The van der Waals surface area contributed by atoms with E-state index in [-0.39, 0.29) is 5.91 Å². The summed E-state index contributed by atoms with van der Waals surface area (Å²) in [6.07, 6.45) is 3.79. The molecule has 1 aliphatic heterocycles. The maximum Gasteiger partial charge on any atom is 0.262 e. The monoisotopic (exact) mass is 445 g/mol. The SMILES string of the molecule is COc1ccc(/C=C2\C=C(c3ccc(Cl)cc3)N(c3cc(C)ccc3C)C2=O)cc1OC. The van der Waals surface area contributed by atoms with Gasteiger partial charge in [0.05, 0.1) is 25.6 Å². The summed E-state index contributed by atoms with van der Waals surface area (Å²) in [6, 6.07) is 19.2. The number of hydrogen-bond acceptors (Lipinski definition) is 3. The van der Waals surface area contributed by atoms with Crippen molar-refractivity contribution in [1.82, 2.24) is 0 Å². The van der Waals surface area contributed by atoms with Crippen LogP contribution in [-0.4, -0.2) is 20.1 Å². The minimum Gasteiger partial charge on any atom is -0.493 e. The highest BCUT2D eigenvalue weighted by molar-refractivity contribution is 6.30. The molecule has 4 rings (SSSR count). The molecule has 0 aliphatic carbocycles. The lowest BCUT2D eigenvalue weighted by atomic mass is 10.1. The molecule has 3 aromatic rings. The number of benzene rings is 3. The third-order valence-corrected chi connectivity index (χ3v) is 5.71. The number of carbonyl (C=O) groups excluding carboxylic acids is 1. The Morgan fingerprint density at radius 3 is 2.28 bits per heavy atom. The van der Waals surface area contributed by atoms with Gasteiger partial charge in [-0.2, -0.15) is 0 Å². The molecule has 5 heteroatoms. The van der Waals surface area contributed by atoms with Gasteiger partial charge in [-0.1, -0.05) is 41.9 Å². The van der Waals surface area contributed by atoms with Crippen LogP contribution in [0.25, 0.3) is 11.8 Å². The van der Waals surface area contributed by atoms with E-state index in [4.69, 9.17) is 21.1 Å². The number of hydrogen-bond donors (Lipinski definition) is 0. The van der Waals surface area contributed by atoms with Crippen LogP contribution >= 0.6 is 11.6 Å². The van der Waals surface area contributed by atoms with Crippen LogP contribution in [-0.2, 0) is 4.79 Å². The van der Waals surface area contributed by atoms with Crippen molar-refractivity contribution in [3.8, 4) is 11.5 Å². The number of anilines is 1. The molecule has 0 fully saturated rings. The van der Waals surface area contributed by atoms with Crippen molar-refractivity contribution in [2.75, 3.05) is 19.1 Å². The van der Waals surface area contributed by atoms with Gasteiger partial charge in [0.25, 0.3) is 5.91 Å². The summed E-state index contributed by atoms with van der Waals surface area (Å²) in [4.78, 5) is 15.4. The minimum atomic E-state index is -0.0848.